The second-order valence-corrected chi connectivity index (χ2v) is 4.15. The van der Waals surface area contributed by atoms with E-state index < -0.39 is 12.6 Å². The van der Waals surface area contributed by atoms with Gasteiger partial charge in [0.15, 0.2) is 5.82 Å². The molecule has 0 atom stereocenters. The van der Waals surface area contributed by atoms with Gasteiger partial charge in [0.2, 0.25) is 0 Å². The van der Waals surface area contributed by atoms with E-state index in [-0.39, 0.29) is 12.2 Å². The molecule has 0 aliphatic rings. The van der Waals surface area contributed by atoms with E-state index in [4.69, 9.17) is 0 Å². The fourth-order valence-corrected chi connectivity index (χ4v) is 1.84. The van der Waals surface area contributed by atoms with Gasteiger partial charge in [-0.25, -0.2) is 4.98 Å². The maximum Gasteiger partial charge on any atom is 0.389 e. The molecule has 2 aromatic heterocycles. The molecule has 7 heteroatoms. The zero-order valence-corrected chi connectivity index (χ0v) is 8.90. The Balaban J connectivity index is 2.03. The number of aryl methyl sites for hydroxylation is 1. The fraction of sp³-hybridized carbons (Fsp3) is 0.333. The molecule has 3 nitrogen and oxygen atoms in total. The predicted molar refractivity (Wildman–Crippen MR) is 54.1 cm³/mol. The molecule has 86 valence electrons. The van der Waals surface area contributed by atoms with E-state index in [1.54, 1.807) is 0 Å². The van der Waals surface area contributed by atoms with Gasteiger partial charge >= 0.3 is 6.18 Å². The van der Waals surface area contributed by atoms with Crippen LogP contribution in [0.1, 0.15) is 12.2 Å². The molecule has 0 bridgehead atoms. The van der Waals surface area contributed by atoms with E-state index in [1.807, 2.05) is 17.5 Å². The number of alkyl halides is 3. The maximum atomic E-state index is 12.0. The third-order valence-electron chi connectivity index (χ3n) is 1.92. The zero-order chi connectivity index (χ0) is 11.6. The van der Waals surface area contributed by atoms with E-state index in [9.17, 15) is 13.2 Å². The van der Waals surface area contributed by atoms with Gasteiger partial charge in [-0.2, -0.15) is 18.3 Å². The first-order valence-corrected chi connectivity index (χ1v) is 5.44. The van der Waals surface area contributed by atoms with Gasteiger partial charge in [0.05, 0.1) is 11.3 Å². The number of halogens is 3. The fourth-order valence-electron chi connectivity index (χ4n) is 1.18. The summed E-state index contributed by atoms with van der Waals surface area (Å²) < 4.78 is 35.9. The predicted octanol–water partition coefficient (Wildman–Crippen LogP) is 3.03. The van der Waals surface area contributed by atoms with Crippen LogP contribution in [-0.4, -0.2) is 21.4 Å². The summed E-state index contributed by atoms with van der Waals surface area (Å²) in [5.41, 5.74) is 0. The number of H-pyrrole nitrogens is 1. The Labute approximate surface area is 93.3 Å². The van der Waals surface area contributed by atoms with Gasteiger partial charge in [0, 0.05) is 6.42 Å². The van der Waals surface area contributed by atoms with Crippen LogP contribution in [0.25, 0.3) is 10.7 Å². The lowest BCUT2D eigenvalue weighted by molar-refractivity contribution is -0.134. The van der Waals surface area contributed by atoms with Crippen LogP contribution in [0, 0.1) is 0 Å². The monoisotopic (exact) mass is 247 g/mol. The summed E-state index contributed by atoms with van der Waals surface area (Å²) in [5.74, 6) is 0.716. The van der Waals surface area contributed by atoms with Crippen molar-refractivity contribution in [1.82, 2.24) is 15.2 Å². The Kier molecular flexibility index (Phi) is 2.95. The largest absolute Gasteiger partial charge is 0.389 e. The number of aromatic amines is 1. The third kappa shape index (κ3) is 2.82. The van der Waals surface area contributed by atoms with Crippen molar-refractivity contribution in [3.8, 4) is 10.7 Å². The molecule has 1 N–H and O–H groups in total. The van der Waals surface area contributed by atoms with Crippen molar-refractivity contribution in [2.24, 2.45) is 0 Å². The third-order valence-corrected chi connectivity index (χ3v) is 2.78. The highest BCUT2D eigenvalue weighted by Gasteiger charge is 2.27. The molecule has 16 heavy (non-hydrogen) atoms. The zero-order valence-electron chi connectivity index (χ0n) is 8.08. The van der Waals surface area contributed by atoms with Crippen LogP contribution in [-0.2, 0) is 6.42 Å². The quantitative estimate of drug-likeness (QED) is 0.905. The van der Waals surface area contributed by atoms with Crippen LogP contribution < -0.4 is 0 Å². The van der Waals surface area contributed by atoms with Gasteiger partial charge in [-0.15, -0.1) is 11.3 Å². The Hall–Kier alpha value is -1.37. The minimum Gasteiger partial charge on any atom is -0.263 e. The van der Waals surface area contributed by atoms with Crippen molar-refractivity contribution in [2.75, 3.05) is 0 Å². The first-order chi connectivity index (χ1) is 7.54. The lowest BCUT2D eigenvalue weighted by Crippen LogP contribution is -2.09. The number of hydrogen-bond acceptors (Lipinski definition) is 3. The summed E-state index contributed by atoms with van der Waals surface area (Å²) in [6, 6.07) is 3.66. The minimum atomic E-state index is -4.16. The van der Waals surface area contributed by atoms with Crippen LogP contribution in [0.2, 0.25) is 0 Å². The highest BCUT2D eigenvalue weighted by atomic mass is 32.1. The van der Waals surface area contributed by atoms with Crippen molar-refractivity contribution in [3.05, 3.63) is 23.3 Å². The summed E-state index contributed by atoms with van der Waals surface area (Å²) in [6.07, 6.45) is -5.20. The number of nitrogens with zero attached hydrogens (tertiary/aromatic N) is 2. The summed E-state index contributed by atoms with van der Waals surface area (Å²) in [4.78, 5) is 4.84. The summed E-state index contributed by atoms with van der Waals surface area (Å²) in [6.45, 7) is 0. The van der Waals surface area contributed by atoms with E-state index in [2.05, 4.69) is 15.2 Å². The number of thiophene rings is 1. The van der Waals surface area contributed by atoms with Crippen LogP contribution in [0.4, 0.5) is 13.2 Å². The van der Waals surface area contributed by atoms with Crippen molar-refractivity contribution in [3.63, 3.8) is 0 Å². The molecule has 2 rings (SSSR count). The number of rotatable bonds is 3. The van der Waals surface area contributed by atoms with Crippen LogP contribution >= 0.6 is 11.3 Å². The minimum absolute atomic E-state index is 0.165. The molecule has 0 fully saturated rings. The molecule has 0 saturated heterocycles. The van der Waals surface area contributed by atoms with E-state index in [0.29, 0.717) is 5.82 Å². The first-order valence-electron chi connectivity index (χ1n) is 4.56. The Morgan fingerprint density at radius 3 is 2.81 bits per heavy atom. The Morgan fingerprint density at radius 2 is 2.19 bits per heavy atom. The molecule has 2 heterocycles. The molecule has 0 aliphatic heterocycles. The molecule has 0 spiro atoms. The smallest absolute Gasteiger partial charge is 0.263 e. The average molecular weight is 247 g/mol. The SMILES string of the molecule is FC(F)(F)CCc1nc(-c2cccs2)n[nH]1. The van der Waals surface area contributed by atoms with E-state index >= 15 is 0 Å². The van der Waals surface area contributed by atoms with Gasteiger partial charge < -0.3 is 0 Å². The number of nitrogens with one attached hydrogen (secondary N) is 1. The topological polar surface area (TPSA) is 41.6 Å². The molecular weight excluding hydrogens is 239 g/mol. The van der Waals surface area contributed by atoms with Gasteiger partial charge in [-0.05, 0) is 11.4 Å². The lowest BCUT2D eigenvalue weighted by Gasteiger charge is -2.02. The highest BCUT2D eigenvalue weighted by molar-refractivity contribution is 7.13. The van der Waals surface area contributed by atoms with Crippen LogP contribution in [0.15, 0.2) is 17.5 Å². The molecule has 0 amide bonds. The number of hydrogen-bond donors (Lipinski definition) is 1. The molecule has 0 saturated carbocycles. The molecule has 0 unspecified atom stereocenters. The van der Waals surface area contributed by atoms with Crippen LogP contribution in [0.5, 0.6) is 0 Å². The maximum absolute atomic E-state index is 12.0. The summed E-state index contributed by atoms with van der Waals surface area (Å²) >= 11 is 1.45. The van der Waals surface area contributed by atoms with Gasteiger partial charge in [0.1, 0.15) is 5.82 Å². The number of aromatic nitrogens is 3. The summed E-state index contributed by atoms with van der Waals surface area (Å²) in [5, 5.41) is 8.24. The Bertz CT molecular complexity index is 447. The van der Waals surface area contributed by atoms with Crippen molar-refractivity contribution < 1.29 is 13.2 Å². The molecule has 0 radical (unpaired) electrons. The average Bonchev–Trinajstić information content (AvgIpc) is 2.84. The second-order valence-electron chi connectivity index (χ2n) is 3.20. The summed E-state index contributed by atoms with van der Waals surface area (Å²) in [7, 11) is 0. The molecule has 2 aromatic rings. The highest BCUT2D eigenvalue weighted by Crippen LogP contribution is 2.23. The van der Waals surface area contributed by atoms with E-state index in [0.717, 1.165) is 4.88 Å². The molecular formula is C9H8F3N3S. The van der Waals surface area contributed by atoms with E-state index in [1.165, 1.54) is 11.3 Å². The normalized spacial score (nSPS) is 11.9. The van der Waals surface area contributed by atoms with Crippen molar-refractivity contribution >= 4 is 11.3 Å². The first kappa shape index (κ1) is 11.1. The molecule has 0 aliphatic carbocycles. The second kappa shape index (κ2) is 4.25. The standard InChI is InChI=1S/C9H8F3N3S/c10-9(11,12)4-3-7-13-8(15-14-7)6-2-1-5-16-6/h1-2,5H,3-4H2,(H,13,14,15). The van der Waals surface area contributed by atoms with Crippen LogP contribution in [0.3, 0.4) is 0 Å². The van der Waals surface area contributed by atoms with Gasteiger partial charge in [-0.1, -0.05) is 6.07 Å². The van der Waals surface area contributed by atoms with Crippen molar-refractivity contribution in [1.29, 1.82) is 0 Å². The Morgan fingerprint density at radius 1 is 1.38 bits per heavy atom. The van der Waals surface area contributed by atoms with Crippen molar-refractivity contribution in [2.45, 2.75) is 19.0 Å². The molecule has 0 aromatic carbocycles. The van der Waals surface area contributed by atoms with Gasteiger partial charge in [0.25, 0.3) is 0 Å². The van der Waals surface area contributed by atoms with Gasteiger partial charge in [-0.3, -0.25) is 5.10 Å². The lowest BCUT2D eigenvalue weighted by atomic mass is 10.3.